The van der Waals surface area contributed by atoms with Gasteiger partial charge < -0.3 is 11.5 Å². The van der Waals surface area contributed by atoms with Crippen molar-refractivity contribution in [1.82, 2.24) is 0 Å². The van der Waals surface area contributed by atoms with Gasteiger partial charge in [-0.2, -0.15) is 0 Å². The van der Waals surface area contributed by atoms with Gasteiger partial charge in [0, 0.05) is 6.54 Å². The number of guanidine groups is 1. The summed E-state index contributed by atoms with van der Waals surface area (Å²) in [4.78, 5) is 4.08. The molecule has 0 aliphatic heterocycles. The van der Waals surface area contributed by atoms with Crippen molar-refractivity contribution >= 4 is 5.96 Å². The summed E-state index contributed by atoms with van der Waals surface area (Å²) in [7, 11) is 0. The van der Waals surface area contributed by atoms with Crippen LogP contribution in [0.2, 0.25) is 0 Å². The van der Waals surface area contributed by atoms with E-state index in [1.807, 2.05) is 0 Å². The fraction of sp³-hybridized carbons (Fsp3) is 0.889. The molecule has 1 aliphatic rings. The minimum atomic E-state index is 0.227. The lowest BCUT2D eigenvalue weighted by Gasteiger charge is -2.14. The van der Waals surface area contributed by atoms with Crippen molar-refractivity contribution in [2.45, 2.75) is 33.1 Å². The molecule has 3 nitrogen and oxygen atoms in total. The summed E-state index contributed by atoms with van der Waals surface area (Å²) in [6.07, 6.45) is 3.84. The van der Waals surface area contributed by atoms with Crippen LogP contribution in [-0.2, 0) is 0 Å². The molecule has 70 valence electrons. The van der Waals surface area contributed by atoms with Crippen LogP contribution in [0.1, 0.15) is 33.1 Å². The first-order chi connectivity index (χ1) is 5.54. The predicted molar refractivity (Wildman–Crippen MR) is 51.8 cm³/mol. The van der Waals surface area contributed by atoms with Crippen molar-refractivity contribution in [3.63, 3.8) is 0 Å². The molecule has 3 heteroatoms. The summed E-state index contributed by atoms with van der Waals surface area (Å²) in [5.74, 6) is 0.978. The van der Waals surface area contributed by atoms with Crippen molar-refractivity contribution in [2.75, 3.05) is 6.54 Å². The number of nitrogens with two attached hydrogens (primary N) is 2. The maximum Gasteiger partial charge on any atom is 0.185 e. The Morgan fingerprint density at radius 1 is 1.42 bits per heavy atom. The molecule has 0 amide bonds. The minimum Gasteiger partial charge on any atom is -0.370 e. The van der Waals surface area contributed by atoms with Crippen LogP contribution >= 0.6 is 0 Å². The van der Waals surface area contributed by atoms with Crippen LogP contribution in [0.4, 0.5) is 0 Å². The molecule has 0 aromatic carbocycles. The van der Waals surface area contributed by atoms with E-state index >= 15 is 0 Å². The van der Waals surface area contributed by atoms with E-state index in [1.165, 1.54) is 19.3 Å². The zero-order valence-electron chi connectivity index (χ0n) is 8.01. The normalized spacial score (nSPS) is 19.2. The highest BCUT2D eigenvalue weighted by molar-refractivity contribution is 5.75. The first-order valence-electron chi connectivity index (χ1n) is 4.59. The van der Waals surface area contributed by atoms with Crippen LogP contribution in [0.3, 0.4) is 0 Å². The summed E-state index contributed by atoms with van der Waals surface area (Å²) >= 11 is 0. The lowest BCUT2D eigenvalue weighted by atomic mass is 9.94. The van der Waals surface area contributed by atoms with Crippen LogP contribution in [-0.4, -0.2) is 12.5 Å². The molecule has 4 N–H and O–H groups in total. The molecule has 1 saturated carbocycles. The highest BCUT2D eigenvalue weighted by Gasteiger charge is 2.42. The zero-order chi connectivity index (χ0) is 9.19. The van der Waals surface area contributed by atoms with E-state index in [0.717, 1.165) is 12.5 Å². The van der Waals surface area contributed by atoms with Crippen LogP contribution in [0, 0.1) is 11.3 Å². The van der Waals surface area contributed by atoms with Gasteiger partial charge in [-0.25, -0.2) is 0 Å². The van der Waals surface area contributed by atoms with Crippen molar-refractivity contribution in [3.8, 4) is 0 Å². The Labute approximate surface area is 74.2 Å². The maximum atomic E-state index is 5.29. The molecule has 0 unspecified atom stereocenters. The van der Waals surface area contributed by atoms with Crippen molar-refractivity contribution in [2.24, 2.45) is 27.8 Å². The molecule has 1 aliphatic carbocycles. The molecule has 0 atom stereocenters. The van der Waals surface area contributed by atoms with Gasteiger partial charge in [-0.1, -0.05) is 13.8 Å². The average molecular weight is 169 g/mol. The Bertz CT molecular complexity index is 176. The van der Waals surface area contributed by atoms with Gasteiger partial charge in [-0.05, 0) is 30.6 Å². The number of nitrogens with zero attached hydrogens (tertiary/aromatic N) is 1. The average Bonchev–Trinajstić information content (AvgIpc) is 2.64. The van der Waals surface area contributed by atoms with Gasteiger partial charge in [-0.3, -0.25) is 4.99 Å². The summed E-state index contributed by atoms with van der Waals surface area (Å²) < 4.78 is 0. The molecule has 1 fully saturated rings. The SMILES string of the molecule is CC(C)CC1(CN=C(N)N)CC1. The van der Waals surface area contributed by atoms with Crippen LogP contribution in [0.25, 0.3) is 0 Å². The largest absolute Gasteiger partial charge is 0.370 e. The number of hydrogen-bond acceptors (Lipinski definition) is 1. The summed E-state index contributed by atoms with van der Waals surface area (Å²) in [6.45, 7) is 5.32. The van der Waals surface area contributed by atoms with E-state index in [4.69, 9.17) is 11.5 Å². The Morgan fingerprint density at radius 3 is 2.33 bits per heavy atom. The molecule has 1 rings (SSSR count). The summed E-state index contributed by atoms with van der Waals surface area (Å²) in [5.41, 5.74) is 11.0. The Morgan fingerprint density at radius 2 is 2.00 bits per heavy atom. The van der Waals surface area contributed by atoms with Gasteiger partial charge in [0.2, 0.25) is 0 Å². The molecule has 0 aromatic heterocycles. The second kappa shape index (κ2) is 3.33. The molecular formula is C9H19N3. The number of hydrogen-bond donors (Lipinski definition) is 2. The predicted octanol–water partition coefficient (Wildman–Crippen LogP) is 1.09. The lowest BCUT2D eigenvalue weighted by molar-refractivity contribution is 0.399. The Balaban J connectivity index is 2.35. The van der Waals surface area contributed by atoms with Gasteiger partial charge in [0.15, 0.2) is 5.96 Å². The van der Waals surface area contributed by atoms with E-state index in [9.17, 15) is 0 Å². The molecule has 0 saturated heterocycles. The molecule has 0 heterocycles. The molecule has 0 radical (unpaired) electrons. The second-order valence-electron chi connectivity index (χ2n) is 4.34. The van der Waals surface area contributed by atoms with Crippen molar-refractivity contribution in [1.29, 1.82) is 0 Å². The van der Waals surface area contributed by atoms with E-state index in [1.54, 1.807) is 0 Å². The van der Waals surface area contributed by atoms with Gasteiger partial charge in [0.1, 0.15) is 0 Å². The fourth-order valence-corrected chi connectivity index (χ4v) is 1.73. The minimum absolute atomic E-state index is 0.227. The summed E-state index contributed by atoms with van der Waals surface area (Å²) in [5, 5.41) is 0. The number of rotatable bonds is 4. The van der Waals surface area contributed by atoms with Gasteiger partial charge in [0.25, 0.3) is 0 Å². The summed E-state index contributed by atoms with van der Waals surface area (Å²) in [6, 6.07) is 0. The van der Waals surface area contributed by atoms with E-state index in [0.29, 0.717) is 5.41 Å². The third-order valence-electron chi connectivity index (χ3n) is 2.40. The maximum absolute atomic E-state index is 5.29. The zero-order valence-corrected chi connectivity index (χ0v) is 8.01. The highest BCUT2D eigenvalue weighted by atomic mass is 15.0. The quantitative estimate of drug-likeness (QED) is 0.488. The first kappa shape index (κ1) is 9.36. The number of aliphatic imine (C=N–C) groups is 1. The van der Waals surface area contributed by atoms with E-state index in [2.05, 4.69) is 18.8 Å². The van der Waals surface area contributed by atoms with E-state index < -0.39 is 0 Å². The molecule has 0 bridgehead atoms. The van der Waals surface area contributed by atoms with Crippen LogP contribution < -0.4 is 11.5 Å². The molecule has 12 heavy (non-hydrogen) atoms. The topological polar surface area (TPSA) is 64.4 Å². The van der Waals surface area contributed by atoms with Gasteiger partial charge in [0.05, 0.1) is 0 Å². The lowest BCUT2D eigenvalue weighted by Crippen LogP contribution is -2.24. The first-order valence-corrected chi connectivity index (χ1v) is 4.59. The Kier molecular flexibility index (Phi) is 2.60. The third kappa shape index (κ3) is 2.72. The third-order valence-corrected chi connectivity index (χ3v) is 2.40. The smallest absolute Gasteiger partial charge is 0.185 e. The molecule has 0 aromatic rings. The van der Waals surface area contributed by atoms with Crippen molar-refractivity contribution in [3.05, 3.63) is 0 Å². The fourth-order valence-electron chi connectivity index (χ4n) is 1.73. The monoisotopic (exact) mass is 169 g/mol. The van der Waals surface area contributed by atoms with Crippen LogP contribution in [0.5, 0.6) is 0 Å². The van der Waals surface area contributed by atoms with Gasteiger partial charge in [-0.15, -0.1) is 0 Å². The second-order valence-corrected chi connectivity index (χ2v) is 4.34. The highest BCUT2D eigenvalue weighted by Crippen LogP contribution is 2.50. The Hall–Kier alpha value is -0.730. The van der Waals surface area contributed by atoms with Gasteiger partial charge >= 0.3 is 0 Å². The van der Waals surface area contributed by atoms with Crippen LogP contribution in [0.15, 0.2) is 4.99 Å². The standard InChI is InChI=1S/C9H19N3/c1-7(2)5-9(3-4-9)6-12-8(10)11/h7H,3-6H2,1-2H3,(H4,10,11,12). The van der Waals surface area contributed by atoms with E-state index in [-0.39, 0.29) is 5.96 Å². The van der Waals surface area contributed by atoms with Crippen molar-refractivity contribution < 1.29 is 0 Å². The molecular weight excluding hydrogens is 150 g/mol. The molecule has 0 spiro atoms.